The van der Waals surface area contributed by atoms with Crippen molar-refractivity contribution < 1.29 is 8.42 Å². The van der Waals surface area contributed by atoms with E-state index in [9.17, 15) is 13.7 Å². The van der Waals surface area contributed by atoms with E-state index in [1.165, 1.54) is 16.1 Å². The van der Waals surface area contributed by atoms with Gasteiger partial charge in [0.2, 0.25) is 0 Å². The number of benzene rings is 2. The minimum Gasteiger partial charge on any atom is -0.316 e. The fraction of sp³-hybridized carbons (Fsp3) is 0.105. The third-order valence-corrected chi connectivity index (χ3v) is 5.57. The topological polar surface area (TPSA) is 74.9 Å². The van der Waals surface area contributed by atoms with Crippen LogP contribution in [0.5, 0.6) is 0 Å². The second kappa shape index (κ2) is 6.93. The lowest BCUT2D eigenvalue weighted by Crippen LogP contribution is -2.15. The third-order valence-electron chi connectivity index (χ3n) is 3.84. The van der Waals surface area contributed by atoms with E-state index in [2.05, 4.69) is 5.32 Å². The molecule has 25 heavy (non-hydrogen) atoms. The van der Waals surface area contributed by atoms with Gasteiger partial charge >= 0.3 is 0 Å². The minimum atomic E-state index is -3.89. The maximum Gasteiger partial charge on any atom is 0.269 e. The number of rotatable bonds is 5. The van der Waals surface area contributed by atoms with Gasteiger partial charge < -0.3 is 5.32 Å². The van der Waals surface area contributed by atoms with Crippen molar-refractivity contribution in [3.8, 4) is 17.3 Å². The van der Waals surface area contributed by atoms with Gasteiger partial charge in [0, 0.05) is 12.7 Å². The van der Waals surface area contributed by atoms with Crippen molar-refractivity contribution >= 4 is 10.0 Å². The fourth-order valence-electron chi connectivity index (χ4n) is 2.71. The van der Waals surface area contributed by atoms with E-state index in [0.717, 1.165) is 11.1 Å². The summed E-state index contributed by atoms with van der Waals surface area (Å²) in [5, 5.41) is 12.3. The van der Waals surface area contributed by atoms with Crippen LogP contribution in [0.1, 0.15) is 11.1 Å². The molecule has 0 aliphatic heterocycles. The Morgan fingerprint density at radius 3 is 2.44 bits per heavy atom. The first-order chi connectivity index (χ1) is 12.1. The summed E-state index contributed by atoms with van der Waals surface area (Å²) >= 11 is 0. The van der Waals surface area contributed by atoms with E-state index in [1.54, 1.807) is 25.4 Å². The van der Waals surface area contributed by atoms with Gasteiger partial charge in [0.05, 0.1) is 11.3 Å². The molecule has 0 fully saturated rings. The summed E-state index contributed by atoms with van der Waals surface area (Å²) in [5.74, 6) is 0. The first-order valence-corrected chi connectivity index (χ1v) is 9.18. The largest absolute Gasteiger partial charge is 0.316 e. The molecule has 1 heterocycles. The zero-order valence-corrected chi connectivity index (χ0v) is 14.5. The van der Waals surface area contributed by atoms with Crippen molar-refractivity contribution in [3.63, 3.8) is 0 Å². The van der Waals surface area contributed by atoms with E-state index in [4.69, 9.17) is 0 Å². The van der Waals surface area contributed by atoms with E-state index < -0.39 is 10.0 Å². The van der Waals surface area contributed by atoms with Crippen molar-refractivity contribution in [2.24, 2.45) is 0 Å². The molecule has 3 aromatic rings. The number of aromatic nitrogens is 1. The van der Waals surface area contributed by atoms with Gasteiger partial charge in [-0.3, -0.25) is 0 Å². The number of hydrogen-bond acceptors (Lipinski definition) is 4. The molecule has 6 heteroatoms. The van der Waals surface area contributed by atoms with Crippen LogP contribution >= 0.6 is 0 Å². The highest BCUT2D eigenvalue weighted by molar-refractivity contribution is 7.90. The molecule has 0 saturated carbocycles. The molecule has 0 bridgehead atoms. The van der Waals surface area contributed by atoms with Crippen molar-refractivity contribution in [1.29, 1.82) is 5.26 Å². The quantitative estimate of drug-likeness (QED) is 0.767. The van der Waals surface area contributed by atoms with E-state index >= 15 is 0 Å². The Labute approximate surface area is 147 Å². The minimum absolute atomic E-state index is 0.00119. The summed E-state index contributed by atoms with van der Waals surface area (Å²) in [6.07, 6.45) is 1.60. The fourth-order valence-corrected chi connectivity index (χ4v) is 4.25. The number of hydrogen-bond donors (Lipinski definition) is 1. The van der Waals surface area contributed by atoms with Gasteiger partial charge in [-0.25, -0.2) is 12.4 Å². The monoisotopic (exact) mass is 351 g/mol. The van der Waals surface area contributed by atoms with Crippen molar-refractivity contribution in [2.75, 3.05) is 7.05 Å². The number of nitrogens with zero attached hydrogens (tertiary/aromatic N) is 2. The van der Waals surface area contributed by atoms with Gasteiger partial charge in [0.15, 0.2) is 0 Å². The average molecular weight is 351 g/mol. The van der Waals surface area contributed by atoms with Crippen molar-refractivity contribution in [1.82, 2.24) is 9.29 Å². The molecule has 1 aromatic heterocycles. The Kier molecular flexibility index (Phi) is 4.70. The summed E-state index contributed by atoms with van der Waals surface area (Å²) < 4.78 is 27.7. The Morgan fingerprint density at radius 2 is 1.76 bits per heavy atom. The lowest BCUT2D eigenvalue weighted by molar-refractivity contribution is 0.587. The summed E-state index contributed by atoms with van der Waals surface area (Å²) in [4.78, 5) is 0.00119. The average Bonchev–Trinajstić information content (AvgIpc) is 3.07. The lowest BCUT2D eigenvalue weighted by atomic mass is 10.1. The van der Waals surface area contributed by atoms with Gasteiger partial charge in [-0.05, 0) is 36.4 Å². The van der Waals surface area contributed by atoms with Gasteiger partial charge in [0.1, 0.15) is 11.0 Å². The van der Waals surface area contributed by atoms with Crippen LogP contribution in [0.3, 0.4) is 0 Å². The summed E-state index contributed by atoms with van der Waals surface area (Å²) in [6, 6.07) is 19.4. The molecule has 5 nitrogen and oxygen atoms in total. The van der Waals surface area contributed by atoms with Crippen LogP contribution in [0.2, 0.25) is 0 Å². The van der Waals surface area contributed by atoms with Crippen LogP contribution in [0.4, 0.5) is 0 Å². The highest BCUT2D eigenvalue weighted by atomic mass is 32.2. The molecule has 0 atom stereocenters. The van der Waals surface area contributed by atoms with E-state index in [0.29, 0.717) is 12.2 Å². The Morgan fingerprint density at radius 1 is 1.08 bits per heavy atom. The second-order valence-electron chi connectivity index (χ2n) is 5.54. The van der Waals surface area contributed by atoms with Crippen LogP contribution in [-0.2, 0) is 16.6 Å². The van der Waals surface area contributed by atoms with Crippen molar-refractivity contribution in [2.45, 2.75) is 11.4 Å². The number of nitriles is 1. The molecule has 0 radical (unpaired) electrons. The zero-order chi connectivity index (χ0) is 17.9. The standard InChI is InChI=1S/C19H17N3O2S/c1-21-13-15-11-18(16-7-3-2-4-8-16)22(14-15)25(23,24)19-10-6-5-9-17(19)12-20/h2-11,14,21H,13H2,1H3. The molecular formula is C19H17N3O2S. The van der Waals surface area contributed by atoms with Gasteiger partial charge in [-0.15, -0.1) is 0 Å². The number of nitrogens with one attached hydrogen (secondary N) is 1. The predicted molar refractivity (Wildman–Crippen MR) is 96.4 cm³/mol. The van der Waals surface area contributed by atoms with Crippen LogP contribution in [0.15, 0.2) is 71.8 Å². The molecule has 126 valence electrons. The predicted octanol–water partition coefficient (Wildman–Crippen LogP) is 2.98. The molecule has 2 aromatic carbocycles. The van der Waals surface area contributed by atoms with Gasteiger partial charge in [0.25, 0.3) is 10.0 Å². The Balaban J connectivity index is 2.24. The summed E-state index contributed by atoms with van der Waals surface area (Å²) in [5.41, 5.74) is 2.34. The smallest absolute Gasteiger partial charge is 0.269 e. The SMILES string of the molecule is CNCc1cc(-c2ccccc2)n(S(=O)(=O)c2ccccc2C#N)c1. The lowest BCUT2D eigenvalue weighted by Gasteiger charge is -2.11. The van der Waals surface area contributed by atoms with Crippen LogP contribution < -0.4 is 5.32 Å². The first kappa shape index (κ1) is 17.0. The molecule has 0 amide bonds. The van der Waals surface area contributed by atoms with E-state index in [1.807, 2.05) is 42.5 Å². The first-order valence-electron chi connectivity index (χ1n) is 7.74. The zero-order valence-electron chi connectivity index (χ0n) is 13.7. The summed E-state index contributed by atoms with van der Waals surface area (Å²) in [6.45, 7) is 0.544. The Bertz CT molecular complexity index is 1030. The van der Waals surface area contributed by atoms with Crippen LogP contribution in [-0.4, -0.2) is 19.4 Å². The van der Waals surface area contributed by atoms with Crippen LogP contribution in [0, 0.1) is 11.3 Å². The van der Waals surface area contributed by atoms with E-state index in [-0.39, 0.29) is 10.5 Å². The maximum atomic E-state index is 13.2. The third kappa shape index (κ3) is 3.20. The summed E-state index contributed by atoms with van der Waals surface area (Å²) in [7, 11) is -2.09. The van der Waals surface area contributed by atoms with Crippen molar-refractivity contribution in [3.05, 3.63) is 78.0 Å². The van der Waals surface area contributed by atoms with Gasteiger partial charge in [-0.1, -0.05) is 42.5 Å². The normalized spacial score (nSPS) is 11.2. The molecule has 3 rings (SSSR count). The molecule has 1 N–H and O–H groups in total. The molecule has 0 aliphatic rings. The molecule has 0 saturated heterocycles. The molecule has 0 unspecified atom stereocenters. The molecule has 0 spiro atoms. The maximum absolute atomic E-state index is 13.2. The highest BCUT2D eigenvalue weighted by Gasteiger charge is 2.24. The van der Waals surface area contributed by atoms with Gasteiger partial charge in [-0.2, -0.15) is 5.26 Å². The van der Waals surface area contributed by atoms with Crippen LogP contribution in [0.25, 0.3) is 11.3 Å². The highest BCUT2D eigenvalue weighted by Crippen LogP contribution is 2.28. The molecule has 0 aliphatic carbocycles. The second-order valence-corrected chi connectivity index (χ2v) is 7.32. The Hall–Kier alpha value is -2.88. The molecular weight excluding hydrogens is 334 g/mol.